The van der Waals surface area contributed by atoms with E-state index >= 15 is 0 Å². The maximum atomic E-state index is 11.0. The van der Waals surface area contributed by atoms with Crippen LogP contribution in [0, 0.1) is 0 Å². The third-order valence-electron chi connectivity index (χ3n) is 2.32. The van der Waals surface area contributed by atoms with Gasteiger partial charge in [0.1, 0.15) is 5.36 Å². The number of amides is 2. The molecule has 0 radical (unpaired) electrons. The van der Waals surface area contributed by atoms with Gasteiger partial charge < -0.3 is 0 Å². The van der Waals surface area contributed by atoms with Crippen molar-refractivity contribution in [2.45, 2.75) is 6.42 Å². The number of carbonyl (C=O) groups is 1. The fraction of sp³-hybridized carbons (Fsp3) is 0.0909. The summed E-state index contributed by atoms with van der Waals surface area (Å²) in [7, 11) is 0. The van der Waals surface area contributed by atoms with Crippen molar-refractivity contribution in [2.75, 3.05) is 0 Å². The lowest BCUT2D eigenvalue weighted by Gasteiger charge is -1.97. The molecular formula is C11H7N5O. The van der Waals surface area contributed by atoms with E-state index in [1.165, 1.54) is 0 Å². The molecule has 0 fully saturated rings. The van der Waals surface area contributed by atoms with Crippen molar-refractivity contribution in [3.8, 4) is 0 Å². The number of pyridine rings is 1. The molecule has 82 valence electrons. The molecule has 3 heterocycles. The fourth-order valence-electron chi connectivity index (χ4n) is 1.58. The van der Waals surface area contributed by atoms with E-state index in [1.54, 1.807) is 12.3 Å². The molecule has 0 N–H and O–H groups in total. The van der Waals surface area contributed by atoms with Crippen molar-refractivity contribution in [3.63, 3.8) is 0 Å². The number of hydrogen-bond donors (Lipinski definition) is 0. The third kappa shape index (κ3) is 1.92. The monoisotopic (exact) mass is 225 g/mol. The number of carbonyl (C=O) groups excluding carboxylic acids is 1. The van der Waals surface area contributed by atoms with Gasteiger partial charge in [0, 0.05) is 18.3 Å². The average molecular weight is 225 g/mol. The van der Waals surface area contributed by atoms with Crippen molar-refractivity contribution < 1.29 is 4.79 Å². The highest BCUT2D eigenvalue weighted by molar-refractivity contribution is 5.77. The first kappa shape index (κ1) is 9.71. The quantitative estimate of drug-likeness (QED) is 0.711. The molecular weight excluding hydrogens is 218 g/mol. The van der Waals surface area contributed by atoms with Crippen LogP contribution in [-0.4, -0.2) is 21.2 Å². The first-order chi connectivity index (χ1) is 8.31. The van der Waals surface area contributed by atoms with E-state index in [4.69, 9.17) is 0 Å². The van der Waals surface area contributed by atoms with E-state index in [0.717, 1.165) is 11.4 Å². The van der Waals surface area contributed by atoms with Gasteiger partial charge in [-0.05, 0) is 24.3 Å². The molecule has 6 nitrogen and oxygen atoms in total. The lowest BCUT2D eigenvalue weighted by Crippen LogP contribution is -2.26. The Morgan fingerprint density at radius 3 is 2.82 bits per heavy atom. The van der Waals surface area contributed by atoms with Gasteiger partial charge >= 0.3 is 6.03 Å². The Morgan fingerprint density at radius 2 is 2.00 bits per heavy atom. The topological polar surface area (TPSA) is 80.5 Å². The molecule has 1 aliphatic rings. The summed E-state index contributed by atoms with van der Waals surface area (Å²) in [4.78, 5) is 22.6. The summed E-state index contributed by atoms with van der Waals surface area (Å²) in [6, 6.07) is 6.74. The number of fused-ring (bicyclic) bond motifs is 1. The molecule has 0 aliphatic carbocycles. The molecule has 2 aromatic heterocycles. The van der Waals surface area contributed by atoms with Crippen LogP contribution in [0.2, 0.25) is 0 Å². The van der Waals surface area contributed by atoms with E-state index in [2.05, 4.69) is 25.2 Å². The molecule has 0 unspecified atom stereocenters. The van der Waals surface area contributed by atoms with Gasteiger partial charge in [-0.1, -0.05) is 0 Å². The third-order valence-corrected chi connectivity index (χ3v) is 2.32. The molecule has 0 saturated carbocycles. The Kier molecular flexibility index (Phi) is 2.18. The minimum Gasteiger partial charge on any atom is -0.244 e. The predicted octanol–water partition coefficient (Wildman–Crippen LogP) is -0.165. The predicted molar refractivity (Wildman–Crippen MR) is 56.8 cm³/mol. The van der Waals surface area contributed by atoms with Gasteiger partial charge in [0.25, 0.3) is 0 Å². The van der Waals surface area contributed by atoms with E-state index in [-0.39, 0.29) is 0 Å². The molecule has 2 amide bonds. The van der Waals surface area contributed by atoms with Crippen molar-refractivity contribution in [1.29, 1.82) is 0 Å². The zero-order valence-electron chi connectivity index (χ0n) is 8.74. The lowest BCUT2D eigenvalue weighted by atomic mass is 10.2. The first-order valence-corrected chi connectivity index (χ1v) is 5.05. The average Bonchev–Trinajstić information content (AvgIpc) is 2.70. The van der Waals surface area contributed by atoms with Crippen LogP contribution in [0.3, 0.4) is 0 Å². The van der Waals surface area contributed by atoms with Gasteiger partial charge in [-0.15, -0.1) is 0 Å². The second-order valence-corrected chi connectivity index (χ2v) is 3.54. The Balaban J connectivity index is 1.98. The summed E-state index contributed by atoms with van der Waals surface area (Å²) in [6.07, 6.45) is 2.18. The van der Waals surface area contributed by atoms with Crippen LogP contribution in [0.5, 0.6) is 0 Å². The molecule has 0 bridgehead atoms. The Bertz CT molecular complexity index is 696. The zero-order valence-corrected chi connectivity index (χ0v) is 8.74. The van der Waals surface area contributed by atoms with E-state index in [0.29, 0.717) is 17.3 Å². The molecule has 0 spiro atoms. The lowest BCUT2D eigenvalue weighted by molar-refractivity contribution is 0.256. The highest BCUT2D eigenvalue weighted by Gasteiger charge is 2.07. The fourth-order valence-corrected chi connectivity index (χ4v) is 1.58. The molecule has 17 heavy (non-hydrogen) atoms. The van der Waals surface area contributed by atoms with Gasteiger partial charge in [-0.25, -0.2) is 9.78 Å². The summed E-state index contributed by atoms with van der Waals surface area (Å²) in [5, 5.41) is 8.29. The van der Waals surface area contributed by atoms with Gasteiger partial charge in [0.15, 0.2) is 5.49 Å². The second-order valence-electron chi connectivity index (χ2n) is 3.54. The largest absolute Gasteiger partial charge is 0.369 e. The number of aromatic nitrogens is 3. The second kappa shape index (κ2) is 3.82. The summed E-state index contributed by atoms with van der Waals surface area (Å²) in [5.41, 5.74) is 2.00. The molecule has 0 atom stereocenters. The molecule has 6 heteroatoms. The standard InChI is InChI=1S/C11H7N5O/c17-11-14-9-4-3-7(13-10(9)15-11)6-8-2-1-5-12-16-8/h1-5H,6H2. The van der Waals surface area contributed by atoms with Crippen molar-refractivity contribution in [3.05, 3.63) is 52.7 Å². The normalized spacial score (nSPS) is 12.8. The molecule has 0 saturated heterocycles. The van der Waals surface area contributed by atoms with Gasteiger partial charge in [-0.2, -0.15) is 20.2 Å². The summed E-state index contributed by atoms with van der Waals surface area (Å²) >= 11 is 0. The summed E-state index contributed by atoms with van der Waals surface area (Å²) in [6.45, 7) is 0. The number of hydrogen-bond acceptors (Lipinski definition) is 4. The van der Waals surface area contributed by atoms with Crippen LogP contribution >= 0.6 is 0 Å². The minimum absolute atomic E-state index is 0.386. The summed E-state index contributed by atoms with van der Waals surface area (Å²) < 4.78 is 0. The Labute approximate surface area is 95.8 Å². The van der Waals surface area contributed by atoms with Crippen LogP contribution < -0.4 is 10.8 Å². The number of nitrogens with zero attached hydrogens (tertiary/aromatic N) is 5. The van der Waals surface area contributed by atoms with Gasteiger partial charge in [0.2, 0.25) is 0 Å². The first-order valence-electron chi connectivity index (χ1n) is 5.05. The van der Waals surface area contributed by atoms with Crippen LogP contribution in [0.15, 0.2) is 40.4 Å². The summed E-state index contributed by atoms with van der Waals surface area (Å²) in [5.74, 6) is 0. The number of rotatable bonds is 2. The van der Waals surface area contributed by atoms with Gasteiger partial charge in [-0.3, -0.25) is 0 Å². The zero-order chi connectivity index (χ0) is 11.7. The van der Waals surface area contributed by atoms with Crippen molar-refractivity contribution in [2.24, 2.45) is 9.98 Å². The number of urea groups is 1. The van der Waals surface area contributed by atoms with Crippen LogP contribution in [-0.2, 0) is 6.42 Å². The van der Waals surface area contributed by atoms with Crippen LogP contribution in [0.25, 0.3) is 0 Å². The maximum Gasteiger partial charge on any atom is 0.369 e. The molecule has 1 aliphatic heterocycles. The minimum atomic E-state index is -0.496. The van der Waals surface area contributed by atoms with Crippen LogP contribution in [0.1, 0.15) is 11.4 Å². The highest BCUT2D eigenvalue weighted by atomic mass is 16.2. The Morgan fingerprint density at radius 1 is 1.06 bits per heavy atom. The van der Waals surface area contributed by atoms with E-state index in [9.17, 15) is 4.79 Å². The van der Waals surface area contributed by atoms with Crippen molar-refractivity contribution >= 4 is 6.03 Å². The molecule has 2 aromatic rings. The molecule has 3 rings (SSSR count). The maximum absolute atomic E-state index is 11.0. The van der Waals surface area contributed by atoms with Crippen molar-refractivity contribution in [1.82, 2.24) is 15.2 Å². The highest BCUT2D eigenvalue weighted by Crippen LogP contribution is 2.00. The van der Waals surface area contributed by atoms with Crippen LogP contribution in [0.4, 0.5) is 4.79 Å². The van der Waals surface area contributed by atoms with E-state index in [1.807, 2.05) is 18.2 Å². The molecule has 0 aromatic carbocycles. The smallest absolute Gasteiger partial charge is 0.244 e. The Hall–Kier alpha value is -2.50. The SMILES string of the molecule is O=C1N=c2ccc(Cc3cccnn3)nc2=N1. The van der Waals surface area contributed by atoms with E-state index < -0.39 is 6.03 Å². The van der Waals surface area contributed by atoms with Gasteiger partial charge in [0.05, 0.1) is 5.69 Å².